The van der Waals surface area contributed by atoms with Gasteiger partial charge in [0.1, 0.15) is 17.7 Å². The van der Waals surface area contributed by atoms with Crippen LogP contribution in [0.2, 0.25) is 10.0 Å². The Labute approximate surface area is 125 Å². The molecule has 0 saturated carbocycles. The van der Waals surface area contributed by atoms with Gasteiger partial charge < -0.3 is 9.84 Å². The zero-order chi connectivity index (χ0) is 14.3. The molecule has 2 atom stereocenters. The molecule has 5 heteroatoms. The lowest BCUT2D eigenvalue weighted by Crippen LogP contribution is -2.19. The fraction of sp³-hybridized carbons (Fsp3) is 0.200. The number of hydrogen-bond donors (Lipinski definition) is 1. The average Bonchev–Trinajstić information content (AvgIpc) is 2.41. The van der Waals surface area contributed by atoms with Crippen LogP contribution in [-0.2, 0) is 0 Å². The number of rotatable bonds is 1. The van der Waals surface area contributed by atoms with Crippen molar-refractivity contribution in [3.05, 3.63) is 63.4 Å². The van der Waals surface area contributed by atoms with E-state index in [0.29, 0.717) is 33.3 Å². The largest absolute Gasteiger partial charge is 0.485 e. The molecule has 2 aromatic rings. The van der Waals surface area contributed by atoms with E-state index in [1.807, 2.05) is 0 Å². The lowest BCUT2D eigenvalue weighted by atomic mass is 9.95. The molecule has 0 aromatic heterocycles. The maximum Gasteiger partial charge on any atom is 0.128 e. The molecule has 1 N–H and O–H groups in total. The van der Waals surface area contributed by atoms with Gasteiger partial charge in [-0.3, -0.25) is 0 Å². The van der Waals surface area contributed by atoms with E-state index in [4.69, 9.17) is 27.9 Å². The monoisotopic (exact) mass is 312 g/mol. The SMILES string of the molecule is O[C@H]1CC(c2cc(Cl)ccc2Cl)Oc2cc(F)ccc21. The van der Waals surface area contributed by atoms with E-state index in [1.54, 1.807) is 18.2 Å². The van der Waals surface area contributed by atoms with E-state index in [2.05, 4.69) is 0 Å². The molecule has 3 rings (SSSR count). The molecule has 2 aromatic carbocycles. The van der Waals surface area contributed by atoms with E-state index < -0.39 is 18.0 Å². The van der Waals surface area contributed by atoms with E-state index in [-0.39, 0.29) is 0 Å². The molecule has 1 aliphatic rings. The molecule has 1 heterocycles. The molecule has 0 spiro atoms. The van der Waals surface area contributed by atoms with Gasteiger partial charge in [0.25, 0.3) is 0 Å². The molecule has 0 bridgehead atoms. The molecule has 1 aliphatic heterocycles. The van der Waals surface area contributed by atoms with Crippen LogP contribution in [0.25, 0.3) is 0 Å². The summed E-state index contributed by atoms with van der Waals surface area (Å²) in [5, 5.41) is 11.2. The Morgan fingerprint density at radius 3 is 2.70 bits per heavy atom. The predicted molar refractivity (Wildman–Crippen MR) is 75.8 cm³/mol. The van der Waals surface area contributed by atoms with Crippen LogP contribution in [0.4, 0.5) is 4.39 Å². The van der Waals surface area contributed by atoms with Crippen molar-refractivity contribution in [2.45, 2.75) is 18.6 Å². The van der Waals surface area contributed by atoms with Crippen LogP contribution in [0, 0.1) is 5.82 Å². The maximum atomic E-state index is 13.3. The molecule has 20 heavy (non-hydrogen) atoms. The third-order valence-electron chi connectivity index (χ3n) is 3.35. The van der Waals surface area contributed by atoms with Gasteiger partial charge in [-0.25, -0.2) is 4.39 Å². The second-order valence-corrected chi connectivity index (χ2v) is 5.55. The van der Waals surface area contributed by atoms with Crippen LogP contribution in [0.15, 0.2) is 36.4 Å². The molecule has 0 saturated heterocycles. The minimum Gasteiger partial charge on any atom is -0.485 e. The minimum atomic E-state index is -0.723. The first-order valence-corrected chi connectivity index (χ1v) is 6.89. The number of aliphatic hydroxyl groups excluding tert-OH is 1. The van der Waals surface area contributed by atoms with Crippen molar-refractivity contribution in [3.8, 4) is 5.75 Å². The summed E-state index contributed by atoms with van der Waals surface area (Å²) in [6.45, 7) is 0. The quantitative estimate of drug-likeness (QED) is 0.827. The Morgan fingerprint density at radius 1 is 1.10 bits per heavy atom. The van der Waals surface area contributed by atoms with Crippen molar-refractivity contribution in [1.29, 1.82) is 0 Å². The number of fused-ring (bicyclic) bond motifs is 1. The summed E-state index contributed by atoms with van der Waals surface area (Å²) < 4.78 is 19.0. The minimum absolute atomic E-state index is 0.338. The second-order valence-electron chi connectivity index (χ2n) is 4.71. The second kappa shape index (κ2) is 5.24. The zero-order valence-electron chi connectivity index (χ0n) is 10.3. The number of halogens is 3. The number of ether oxygens (including phenoxy) is 1. The van der Waals surface area contributed by atoms with E-state index in [9.17, 15) is 9.50 Å². The van der Waals surface area contributed by atoms with Gasteiger partial charge >= 0.3 is 0 Å². The third kappa shape index (κ3) is 2.49. The van der Waals surface area contributed by atoms with E-state index in [1.165, 1.54) is 18.2 Å². The topological polar surface area (TPSA) is 29.5 Å². The molecular formula is C15H11Cl2FO2. The van der Waals surface area contributed by atoms with Crippen molar-refractivity contribution >= 4 is 23.2 Å². The standard InChI is InChI=1S/C15H11Cl2FO2/c16-8-1-4-12(17)11(5-8)15-7-13(19)10-3-2-9(18)6-14(10)20-15/h1-6,13,15,19H,7H2/t13-,15?/m0/s1. The first-order valence-electron chi connectivity index (χ1n) is 6.13. The summed E-state index contributed by atoms with van der Waals surface area (Å²) in [6.07, 6.45) is -0.830. The first-order chi connectivity index (χ1) is 9.54. The van der Waals surface area contributed by atoms with Gasteiger partial charge in [0.05, 0.1) is 6.10 Å². The summed E-state index contributed by atoms with van der Waals surface area (Å²) in [7, 11) is 0. The zero-order valence-corrected chi connectivity index (χ0v) is 11.8. The number of benzene rings is 2. The highest BCUT2D eigenvalue weighted by molar-refractivity contribution is 6.33. The van der Waals surface area contributed by atoms with Gasteiger partial charge in [-0.2, -0.15) is 0 Å². The normalized spacial score (nSPS) is 21.2. The van der Waals surface area contributed by atoms with Crippen LogP contribution in [-0.4, -0.2) is 5.11 Å². The van der Waals surface area contributed by atoms with Crippen molar-refractivity contribution in [2.75, 3.05) is 0 Å². The van der Waals surface area contributed by atoms with Crippen LogP contribution in [0.5, 0.6) is 5.75 Å². The molecule has 0 fully saturated rings. The Morgan fingerprint density at radius 2 is 1.90 bits per heavy atom. The Balaban J connectivity index is 2.00. The summed E-state index contributed by atoms with van der Waals surface area (Å²) in [5.41, 5.74) is 1.27. The number of hydrogen-bond acceptors (Lipinski definition) is 2. The Hall–Kier alpha value is -1.29. The lowest BCUT2D eigenvalue weighted by molar-refractivity contribution is 0.0654. The summed E-state index contributed by atoms with van der Waals surface area (Å²) in [4.78, 5) is 0. The molecule has 0 amide bonds. The summed E-state index contributed by atoms with van der Waals surface area (Å²) >= 11 is 12.1. The highest BCUT2D eigenvalue weighted by Gasteiger charge is 2.29. The van der Waals surface area contributed by atoms with Crippen molar-refractivity contribution in [2.24, 2.45) is 0 Å². The maximum absolute atomic E-state index is 13.3. The third-order valence-corrected chi connectivity index (χ3v) is 3.93. The van der Waals surface area contributed by atoms with Crippen LogP contribution < -0.4 is 4.74 Å². The molecule has 2 nitrogen and oxygen atoms in total. The molecule has 1 unspecified atom stereocenters. The van der Waals surface area contributed by atoms with Crippen LogP contribution >= 0.6 is 23.2 Å². The van der Waals surface area contributed by atoms with Crippen molar-refractivity contribution in [1.82, 2.24) is 0 Å². The fourth-order valence-corrected chi connectivity index (χ4v) is 2.79. The van der Waals surface area contributed by atoms with Gasteiger partial charge in [-0.15, -0.1) is 0 Å². The average molecular weight is 313 g/mol. The Bertz CT molecular complexity index is 660. The van der Waals surface area contributed by atoms with Gasteiger partial charge in [0, 0.05) is 33.7 Å². The van der Waals surface area contributed by atoms with Crippen LogP contribution in [0.3, 0.4) is 0 Å². The van der Waals surface area contributed by atoms with Gasteiger partial charge in [0.15, 0.2) is 0 Å². The molecule has 0 radical (unpaired) electrons. The van der Waals surface area contributed by atoms with Gasteiger partial charge in [-0.1, -0.05) is 23.2 Å². The molecule has 0 aliphatic carbocycles. The smallest absolute Gasteiger partial charge is 0.128 e. The highest BCUT2D eigenvalue weighted by Crippen LogP contribution is 2.43. The van der Waals surface area contributed by atoms with Gasteiger partial charge in [-0.05, 0) is 30.3 Å². The lowest BCUT2D eigenvalue weighted by Gasteiger charge is -2.30. The number of aliphatic hydroxyl groups is 1. The molecule has 104 valence electrons. The summed E-state index contributed by atoms with van der Waals surface area (Å²) in [5.74, 6) is -0.0708. The van der Waals surface area contributed by atoms with Gasteiger partial charge in [0.2, 0.25) is 0 Å². The first kappa shape index (κ1) is 13.7. The van der Waals surface area contributed by atoms with E-state index in [0.717, 1.165) is 0 Å². The predicted octanol–water partition coefficient (Wildman–Crippen LogP) is 4.69. The highest BCUT2D eigenvalue weighted by atomic mass is 35.5. The Kier molecular flexibility index (Phi) is 3.59. The summed E-state index contributed by atoms with van der Waals surface area (Å²) in [6, 6.07) is 9.16. The van der Waals surface area contributed by atoms with E-state index >= 15 is 0 Å². The van der Waals surface area contributed by atoms with Crippen LogP contribution in [0.1, 0.15) is 29.8 Å². The van der Waals surface area contributed by atoms with Crippen molar-refractivity contribution in [3.63, 3.8) is 0 Å². The van der Waals surface area contributed by atoms with Crippen molar-refractivity contribution < 1.29 is 14.2 Å². The molecular weight excluding hydrogens is 302 g/mol. The fourth-order valence-electron chi connectivity index (χ4n) is 2.37.